The van der Waals surface area contributed by atoms with E-state index in [9.17, 15) is 4.79 Å². The van der Waals surface area contributed by atoms with Crippen LogP contribution in [0.4, 0.5) is 0 Å². The Morgan fingerprint density at radius 1 is 1.41 bits per heavy atom. The average Bonchev–Trinajstić information content (AvgIpc) is 3.17. The summed E-state index contributed by atoms with van der Waals surface area (Å²) in [6.07, 6.45) is 2.71. The molecule has 1 aliphatic heterocycles. The van der Waals surface area contributed by atoms with E-state index in [0.717, 1.165) is 36.4 Å². The molecule has 116 valence electrons. The summed E-state index contributed by atoms with van der Waals surface area (Å²) < 4.78 is 0. The minimum Gasteiger partial charge on any atom is -0.330 e. The van der Waals surface area contributed by atoms with E-state index in [1.54, 1.807) is 0 Å². The maximum Gasteiger partial charge on any atom is 0.273 e. The molecule has 3 rings (SSSR count). The molecule has 1 amide bonds. The van der Waals surface area contributed by atoms with Crippen molar-refractivity contribution in [3.8, 4) is 0 Å². The van der Waals surface area contributed by atoms with E-state index in [0.29, 0.717) is 17.3 Å². The number of carbonyl (C=O) groups excluding carboxylic acids is 1. The van der Waals surface area contributed by atoms with Crippen molar-refractivity contribution in [3.63, 3.8) is 0 Å². The fraction of sp³-hybridized carbons (Fsp3) is 0.375. The van der Waals surface area contributed by atoms with E-state index in [2.05, 4.69) is 4.98 Å². The zero-order valence-electron chi connectivity index (χ0n) is 12.2. The maximum absolute atomic E-state index is 12.7. The Kier molecular flexibility index (Phi) is 4.76. The van der Waals surface area contributed by atoms with Crippen molar-refractivity contribution in [2.45, 2.75) is 25.3 Å². The third-order valence-corrected chi connectivity index (χ3v) is 5.06. The van der Waals surface area contributed by atoms with Crippen molar-refractivity contribution < 1.29 is 4.79 Å². The van der Waals surface area contributed by atoms with Crippen LogP contribution in [0.1, 0.15) is 39.9 Å². The topological polar surface area (TPSA) is 59.2 Å². The molecule has 1 fully saturated rings. The summed E-state index contributed by atoms with van der Waals surface area (Å²) in [5, 5.41) is 3.48. The Labute approximate surface area is 138 Å². The van der Waals surface area contributed by atoms with Crippen LogP contribution in [0, 0.1) is 0 Å². The first-order valence-corrected chi connectivity index (χ1v) is 8.65. The third-order valence-electron chi connectivity index (χ3n) is 3.90. The second kappa shape index (κ2) is 6.77. The van der Waals surface area contributed by atoms with Crippen LogP contribution >= 0.6 is 22.9 Å². The molecule has 2 heterocycles. The summed E-state index contributed by atoms with van der Waals surface area (Å²) in [5.41, 5.74) is 7.21. The smallest absolute Gasteiger partial charge is 0.273 e. The molecular formula is C16H18ClN3OS. The van der Waals surface area contributed by atoms with Gasteiger partial charge in [-0.15, -0.1) is 11.3 Å². The van der Waals surface area contributed by atoms with Crippen LogP contribution in [-0.2, 0) is 6.42 Å². The number of halogens is 1. The standard InChI is InChI=1S/C16H18ClN3OS/c17-12-5-3-11(4-6-12)14-2-1-9-20(14)16(21)13-10-22-15(19-13)7-8-18/h3-6,10,14H,1-2,7-9,18H2. The molecule has 1 unspecified atom stereocenters. The highest BCUT2D eigenvalue weighted by molar-refractivity contribution is 7.09. The van der Waals surface area contributed by atoms with Gasteiger partial charge in [-0.2, -0.15) is 0 Å². The van der Waals surface area contributed by atoms with E-state index in [1.807, 2.05) is 34.5 Å². The van der Waals surface area contributed by atoms with E-state index in [1.165, 1.54) is 11.3 Å². The highest BCUT2D eigenvalue weighted by Crippen LogP contribution is 2.33. The van der Waals surface area contributed by atoms with Gasteiger partial charge in [0, 0.05) is 23.4 Å². The quantitative estimate of drug-likeness (QED) is 0.932. The number of nitrogens with two attached hydrogens (primary N) is 1. The lowest BCUT2D eigenvalue weighted by atomic mass is 10.0. The molecule has 2 N–H and O–H groups in total. The minimum atomic E-state index is 0.0111. The van der Waals surface area contributed by atoms with Gasteiger partial charge >= 0.3 is 0 Å². The van der Waals surface area contributed by atoms with Gasteiger partial charge in [0.2, 0.25) is 0 Å². The second-order valence-electron chi connectivity index (χ2n) is 5.37. The number of hydrogen-bond acceptors (Lipinski definition) is 4. The van der Waals surface area contributed by atoms with Gasteiger partial charge in [-0.3, -0.25) is 4.79 Å². The zero-order valence-corrected chi connectivity index (χ0v) is 13.7. The molecule has 1 aromatic heterocycles. The van der Waals surface area contributed by atoms with Gasteiger partial charge in [-0.05, 0) is 37.1 Å². The number of aromatic nitrogens is 1. The third kappa shape index (κ3) is 3.16. The number of rotatable bonds is 4. The van der Waals surface area contributed by atoms with Gasteiger partial charge in [-0.25, -0.2) is 4.98 Å². The summed E-state index contributed by atoms with van der Waals surface area (Å²) in [5.74, 6) is 0.0111. The zero-order chi connectivity index (χ0) is 15.5. The summed E-state index contributed by atoms with van der Waals surface area (Å²) in [4.78, 5) is 19.1. The van der Waals surface area contributed by atoms with Gasteiger partial charge < -0.3 is 10.6 Å². The number of carbonyl (C=O) groups is 1. The lowest BCUT2D eigenvalue weighted by Crippen LogP contribution is -2.30. The Morgan fingerprint density at radius 2 is 2.18 bits per heavy atom. The van der Waals surface area contributed by atoms with E-state index < -0.39 is 0 Å². The van der Waals surface area contributed by atoms with Crippen molar-refractivity contribution in [2.24, 2.45) is 5.73 Å². The number of likely N-dealkylation sites (tertiary alicyclic amines) is 1. The lowest BCUT2D eigenvalue weighted by Gasteiger charge is -2.24. The molecule has 4 nitrogen and oxygen atoms in total. The van der Waals surface area contributed by atoms with Gasteiger partial charge in [-0.1, -0.05) is 23.7 Å². The summed E-state index contributed by atoms with van der Waals surface area (Å²) in [6.45, 7) is 1.33. The first kappa shape index (κ1) is 15.5. The first-order chi connectivity index (χ1) is 10.7. The van der Waals surface area contributed by atoms with Crippen molar-refractivity contribution in [2.75, 3.05) is 13.1 Å². The highest BCUT2D eigenvalue weighted by atomic mass is 35.5. The molecule has 1 aromatic carbocycles. The molecule has 0 aliphatic carbocycles. The molecule has 1 atom stereocenters. The van der Waals surface area contributed by atoms with E-state index >= 15 is 0 Å². The number of benzene rings is 1. The molecule has 0 spiro atoms. The lowest BCUT2D eigenvalue weighted by molar-refractivity contribution is 0.0730. The van der Waals surface area contributed by atoms with Crippen molar-refractivity contribution in [1.82, 2.24) is 9.88 Å². The molecular weight excluding hydrogens is 318 g/mol. The molecule has 0 saturated carbocycles. The summed E-state index contributed by atoms with van der Waals surface area (Å²) in [7, 11) is 0. The van der Waals surface area contributed by atoms with E-state index in [4.69, 9.17) is 17.3 Å². The molecule has 1 saturated heterocycles. The predicted octanol–water partition coefficient (Wildman–Crippen LogP) is 3.28. The normalized spacial score (nSPS) is 17.9. The van der Waals surface area contributed by atoms with Crippen molar-refractivity contribution in [3.05, 3.63) is 50.9 Å². The summed E-state index contributed by atoms with van der Waals surface area (Å²) in [6, 6.07) is 7.86. The molecule has 22 heavy (non-hydrogen) atoms. The number of thiazole rings is 1. The van der Waals surface area contributed by atoms with Gasteiger partial charge in [0.1, 0.15) is 5.69 Å². The van der Waals surface area contributed by atoms with Crippen LogP contribution < -0.4 is 5.73 Å². The van der Waals surface area contributed by atoms with Crippen LogP contribution in [-0.4, -0.2) is 28.9 Å². The first-order valence-electron chi connectivity index (χ1n) is 7.40. The number of hydrogen-bond donors (Lipinski definition) is 1. The van der Waals surface area contributed by atoms with Crippen LogP contribution in [0.5, 0.6) is 0 Å². The maximum atomic E-state index is 12.7. The fourth-order valence-corrected chi connectivity index (χ4v) is 3.75. The predicted molar refractivity (Wildman–Crippen MR) is 89.3 cm³/mol. The van der Waals surface area contributed by atoms with Crippen LogP contribution in [0.3, 0.4) is 0 Å². The van der Waals surface area contributed by atoms with Crippen LogP contribution in [0.2, 0.25) is 5.02 Å². The van der Waals surface area contributed by atoms with Gasteiger partial charge in [0.15, 0.2) is 0 Å². The van der Waals surface area contributed by atoms with Crippen LogP contribution in [0.25, 0.3) is 0 Å². The highest BCUT2D eigenvalue weighted by Gasteiger charge is 2.31. The van der Waals surface area contributed by atoms with Crippen molar-refractivity contribution >= 4 is 28.8 Å². The average molecular weight is 336 g/mol. The SMILES string of the molecule is NCCc1nc(C(=O)N2CCCC2c2ccc(Cl)cc2)cs1. The van der Waals surface area contributed by atoms with Gasteiger partial charge in [0.25, 0.3) is 5.91 Å². The molecule has 6 heteroatoms. The molecule has 0 radical (unpaired) electrons. The largest absolute Gasteiger partial charge is 0.330 e. The molecule has 2 aromatic rings. The fourth-order valence-electron chi connectivity index (χ4n) is 2.84. The second-order valence-corrected chi connectivity index (χ2v) is 6.75. The monoisotopic (exact) mass is 335 g/mol. The Morgan fingerprint density at radius 3 is 2.91 bits per heavy atom. The van der Waals surface area contributed by atoms with Crippen LogP contribution in [0.15, 0.2) is 29.6 Å². The summed E-state index contributed by atoms with van der Waals surface area (Å²) >= 11 is 7.45. The Hall–Kier alpha value is -1.43. The molecule has 0 bridgehead atoms. The number of amides is 1. The van der Waals surface area contributed by atoms with E-state index in [-0.39, 0.29) is 11.9 Å². The number of nitrogens with zero attached hydrogens (tertiary/aromatic N) is 2. The molecule has 1 aliphatic rings. The van der Waals surface area contributed by atoms with Gasteiger partial charge in [0.05, 0.1) is 11.0 Å². The minimum absolute atomic E-state index is 0.0111. The Bertz CT molecular complexity index is 656. The van der Waals surface area contributed by atoms with Crippen molar-refractivity contribution in [1.29, 1.82) is 0 Å². The Balaban J connectivity index is 1.79.